The summed E-state index contributed by atoms with van der Waals surface area (Å²) >= 11 is 6.03. The first kappa shape index (κ1) is 19.2. The smallest absolute Gasteiger partial charge is 0.265 e. The zero-order valence-corrected chi connectivity index (χ0v) is 17.3. The minimum Gasteiger partial charge on any atom is -0.279 e. The number of aromatic nitrogens is 2. The first-order valence-corrected chi connectivity index (χ1v) is 10.8. The van der Waals surface area contributed by atoms with Crippen LogP contribution in [0.25, 0.3) is 0 Å². The molecule has 0 amide bonds. The van der Waals surface area contributed by atoms with Gasteiger partial charge in [0.2, 0.25) is 0 Å². The van der Waals surface area contributed by atoms with E-state index in [0.29, 0.717) is 16.4 Å². The number of sulfonamides is 1. The van der Waals surface area contributed by atoms with Crippen LogP contribution in [0.2, 0.25) is 5.02 Å². The zero-order chi connectivity index (χ0) is 19.1. The van der Waals surface area contributed by atoms with E-state index in [9.17, 15) is 8.42 Å². The lowest BCUT2D eigenvalue weighted by atomic mass is 9.92. The van der Waals surface area contributed by atoms with Crippen molar-refractivity contribution >= 4 is 27.3 Å². The van der Waals surface area contributed by atoms with Gasteiger partial charge < -0.3 is 0 Å². The highest BCUT2D eigenvalue weighted by atomic mass is 35.5. The molecule has 1 N–H and O–H groups in total. The fourth-order valence-corrected chi connectivity index (χ4v) is 4.99. The first-order valence-electron chi connectivity index (χ1n) is 8.96. The van der Waals surface area contributed by atoms with Crippen LogP contribution in [0, 0.1) is 6.92 Å². The van der Waals surface area contributed by atoms with Gasteiger partial charge in [0.05, 0.1) is 17.4 Å². The fourth-order valence-electron chi connectivity index (χ4n) is 3.35. The Morgan fingerprint density at radius 1 is 1.23 bits per heavy atom. The largest absolute Gasteiger partial charge is 0.279 e. The summed E-state index contributed by atoms with van der Waals surface area (Å²) in [4.78, 5) is 0.247. The molecule has 0 unspecified atom stereocenters. The molecule has 1 heterocycles. The van der Waals surface area contributed by atoms with Crippen LogP contribution >= 0.6 is 11.6 Å². The Morgan fingerprint density at radius 2 is 1.88 bits per heavy atom. The molecule has 26 heavy (non-hydrogen) atoms. The normalized spacial score (nSPS) is 16.2. The third-order valence-electron chi connectivity index (χ3n) is 4.84. The van der Waals surface area contributed by atoms with Crippen molar-refractivity contribution in [3.05, 3.63) is 40.7 Å². The molecule has 0 saturated heterocycles. The van der Waals surface area contributed by atoms with Gasteiger partial charge in [-0.15, -0.1) is 0 Å². The number of rotatable bonds is 4. The van der Waals surface area contributed by atoms with Crippen LogP contribution in [0.1, 0.15) is 63.8 Å². The second kappa shape index (κ2) is 6.89. The van der Waals surface area contributed by atoms with Crippen molar-refractivity contribution in [2.24, 2.45) is 0 Å². The van der Waals surface area contributed by atoms with Crippen LogP contribution in [-0.4, -0.2) is 18.2 Å². The molecule has 0 atom stereocenters. The number of hydrogen-bond donors (Lipinski definition) is 1. The van der Waals surface area contributed by atoms with Gasteiger partial charge in [0.15, 0.2) is 0 Å². The highest BCUT2D eigenvalue weighted by Gasteiger charge is 2.32. The van der Waals surface area contributed by atoms with Gasteiger partial charge in [0, 0.05) is 16.6 Å². The lowest BCUT2D eigenvalue weighted by molar-refractivity contribution is 0.448. The standard InChI is InChI=1S/C19H26ClN3O2S/c1-13-9-10-14(20)11-16(13)22-26(24,25)17-12-23(15-7-5-6-8-15)21-18(17)19(2,3)4/h9-12,15,22H,5-8H2,1-4H3. The van der Waals surface area contributed by atoms with Gasteiger partial charge in [-0.1, -0.05) is 51.3 Å². The summed E-state index contributed by atoms with van der Waals surface area (Å²) in [6, 6.07) is 5.46. The van der Waals surface area contributed by atoms with Crippen LogP contribution in [-0.2, 0) is 15.4 Å². The van der Waals surface area contributed by atoms with Crippen molar-refractivity contribution in [2.45, 2.75) is 69.7 Å². The molecular weight excluding hydrogens is 370 g/mol. The number of nitrogens with zero attached hydrogens (tertiary/aromatic N) is 2. The molecule has 0 radical (unpaired) electrons. The Hall–Kier alpha value is -1.53. The molecular formula is C19H26ClN3O2S. The number of aryl methyl sites for hydroxylation is 1. The predicted octanol–water partition coefficient (Wildman–Crippen LogP) is 5.06. The third-order valence-corrected chi connectivity index (χ3v) is 6.44. The quantitative estimate of drug-likeness (QED) is 0.786. The monoisotopic (exact) mass is 395 g/mol. The molecule has 1 saturated carbocycles. The van der Waals surface area contributed by atoms with E-state index in [2.05, 4.69) is 9.82 Å². The minimum atomic E-state index is -3.77. The molecule has 1 aliphatic rings. The minimum absolute atomic E-state index is 0.247. The van der Waals surface area contributed by atoms with Crippen LogP contribution in [0.3, 0.4) is 0 Å². The van der Waals surface area contributed by atoms with E-state index in [-0.39, 0.29) is 16.4 Å². The van der Waals surface area contributed by atoms with Crippen molar-refractivity contribution in [2.75, 3.05) is 4.72 Å². The van der Waals surface area contributed by atoms with Gasteiger partial charge in [-0.25, -0.2) is 8.42 Å². The Morgan fingerprint density at radius 3 is 2.50 bits per heavy atom. The second-order valence-corrected chi connectivity index (χ2v) is 10.2. The molecule has 7 heteroatoms. The van der Waals surface area contributed by atoms with Crippen molar-refractivity contribution in [3.8, 4) is 0 Å². The summed E-state index contributed by atoms with van der Waals surface area (Å²) in [6.45, 7) is 7.80. The second-order valence-electron chi connectivity index (χ2n) is 8.07. The number of hydrogen-bond acceptors (Lipinski definition) is 3. The topological polar surface area (TPSA) is 64.0 Å². The van der Waals surface area contributed by atoms with Crippen molar-refractivity contribution in [1.29, 1.82) is 0 Å². The van der Waals surface area contributed by atoms with Gasteiger partial charge in [-0.05, 0) is 37.5 Å². The van der Waals surface area contributed by atoms with E-state index in [1.807, 2.05) is 32.4 Å². The van der Waals surface area contributed by atoms with Crippen molar-refractivity contribution in [1.82, 2.24) is 9.78 Å². The van der Waals surface area contributed by atoms with E-state index in [4.69, 9.17) is 11.6 Å². The fraction of sp³-hybridized carbons (Fsp3) is 0.526. The van der Waals surface area contributed by atoms with E-state index in [1.54, 1.807) is 24.4 Å². The molecule has 1 fully saturated rings. The maximum Gasteiger partial charge on any atom is 0.265 e. The van der Waals surface area contributed by atoms with Gasteiger partial charge >= 0.3 is 0 Å². The zero-order valence-electron chi connectivity index (χ0n) is 15.7. The van der Waals surface area contributed by atoms with Crippen molar-refractivity contribution in [3.63, 3.8) is 0 Å². The number of benzene rings is 1. The molecule has 142 valence electrons. The highest BCUT2D eigenvalue weighted by molar-refractivity contribution is 7.92. The van der Waals surface area contributed by atoms with Gasteiger partial charge in [-0.3, -0.25) is 9.40 Å². The maximum absolute atomic E-state index is 13.2. The van der Waals surface area contributed by atoms with E-state index in [1.165, 1.54) is 0 Å². The van der Waals surface area contributed by atoms with Gasteiger partial charge in [-0.2, -0.15) is 5.10 Å². The average Bonchev–Trinajstić information content (AvgIpc) is 3.18. The van der Waals surface area contributed by atoms with E-state index < -0.39 is 10.0 Å². The maximum atomic E-state index is 13.2. The average molecular weight is 396 g/mol. The summed E-state index contributed by atoms with van der Waals surface area (Å²) in [7, 11) is -3.77. The number of nitrogens with one attached hydrogen (secondary N) is 1. The van der Waals surface area contributed by atoms with Crippen LogP contribution in [0.4, 0.5) is 5.69 Å². The highest BCUT2D eigenvalue weighted by Crippen LogP contribution is 2.34. The van der Waals surface area contributed by atoms with E-state index in [0.717, 1.165) is 31.2 Å². The van der Waals surface area contributed by atoms with Gasteiger partial charge in [0.1, 0.15) is 4.90 Å². The summed E-state index contributed by atoms with van der Waals surface area (Å²) in [6.07, 6.45) is 6.12. The Bertz CT molecular complexity index is 907. The van der Waals surface area contributed by atoms with E-state index >= 15 is 0 Å². The summed E-state index contributed by atoms with van der Waals surface area (Å²) in [5.41, 5.74) is 1.53. The van der Waals surface area contributed by atoms with Gasteiger partial charge in [0.25, 0.3) is 10.0 Å². The molecule has 1 aromatic carbocycles. The molecule has 5 nitrogen and oxygen atoms in total. The van der Waals surface area contributed by atoms with Crippen LogP contribution in [0.15, 0.2) is 29.3 Å². The van der Waals surface area contributed by atoms with Crippen molar-refractivity contribution < 1.29 is 8.42 Å². The lowest BCUT2D eigenvalue weighted by Crippen LogP contribution is -2.20. The Labute approximate surface area is 160 Å². The van der Waals surface area contributed by atoms with Crippen LogP contribution in [0.5, 0.6) is 0 Å². The predicted molar refractivity (Wildman–Crippen MR) is 105 cm³/mol. The first-order chi connectivity index (χ1) is 12.1. The molecule has 1 aliphatic carbocycles. The Balaban J connectivity index is 2.04. The molecule has 0 bridgehead atoms. The SMILES string of the molecule is Cc1ccc(Cl)cc1NS(=O)(=O)c1cn(C2CCCC2)nc1C(C)(C)C. The summed E-state index contributed by atoms with van der Waals surface area (Å²) in [5, 5.41) is 5.17. The molecule has 3 rings (SSSR count). The lowest BCUT2D eigenvalue weighted by Gasteiger charge is -2.18. The molecule has 0 spiro atoms. The number of anilines is 1. The molecule has 0 aliphatic heterocycles. The summed E-state index contributed by atoms with van der Waals surface area (Å²) < 4.78 is 30.9. The Kier molecular flexibility index (Phi) is 5.10. The molecule has 2 aromatic rings. The summed E-state index contributed by atoms with van der Waals surface area (Å²) in [5.74, 6) is 0. The van der Waals surface area contributed by atoms with Crippen LogP contribution < -0.4 is 4.72 Å². The number of halogens is 1. The third kappa shape index (κ3) is 3.91. The molecule has 1 aromatic heterocycles.